The molecule has 1 unspecified atom stereocenters. The summed E-state index contributed by atoms with van der Waals surface area (Å²) in [6, 6.07) is 0.105. The molecule has 0 aromatic carbocycles. The summed E-state index contributed by atoms with van der Waals surface area (Å²) in [6.45, 7) is 3.46. The van der Waals surface area contributed by atoms with Gasteiger partial charge in [-0.2, -0.15) is 5.06 Å². The van der Waals surface area contributed by atoms with Crippen molar-refractivity contribution in [2.24, 2.45) is 0 Å². The summed E-state index contributed by atoms with van der Waals surface area (Å²) in [5.74, 6) is 0. The Balaban J connectivity index is 1.93. The zero-order valence-corrected chi connectivity index (χ0v) is 9.76. The molecule has 2 fully saturated rings. The highest BCUT2D eigenvalue weighted by atomic mass is 16.7. The number of aliphatic hydroxyl groups excluding tert-OH is 1. The van der Waals surface area contributed by atoms with Crippen molar-refractivity contribution in [2.45, 2.75) is 44.7 Å². The van der Waals surface area contributed by atoms with Gasteiger partial charge in [-0.25, -0.2) is 4.79 Å². The number of rotatable bonds is 5. The van der Waals surface area contributed by atoms with Gasteiger partial charge in [0.05, 0.1) is 25.3 Å². The maximum Gasteiger partial charge on any atom is 0.344 e. The Kier molecular flexibility index (Phi) is 3.66. The highest BCUT2D eigenvalue weighted by molar-refractivity contribution is 5.76. The lowest BCUT2D eigenvalue weighted by Gasteiger charge is -2.28. The van der Waals surface area contributed by atoms with Gasteiger partial charge < -0.3 is 10.0 Å². The molecule has 0 saturated carbocycles. The summed E-state index contributed by atoms with van der Waals surface area (Å²) in [4.78, 5) is 19.2. The minimum Gasteiger partial charge on any atom is -0.394 e. The predicted octanol–water partition coefficient (Wildman–Crippen LogP) is 0.979. The minimum atomic E-state index is -0.0716. The Morgan fingerprint density at radius 3 is 3.00 bits per heavy atom. The molecular weight excluding hydrogens is 208 g/mol. The van der Waals surface area contributed by atoms with E-state index in [0.29, 0.717) is 13.2 Å². The second-order valence-corrected chi connectivity index (χ2v) is 4.52. The van der Waals surface area contributed by atoms with Gasteiger partial charge in [-0.1, -0.05) is 13.3 Å². The molecule has 0 spiro atoms. The van der Waals surface area contributed by atoms with Gasteiger partial charge in [0.2, 0.25) is 0 Å². The predicted molar refractivity (Wildman–Crippen MR) is 58.7 cm³/mol. The van der Waals surface area contributed by atoms with Crippen LogP contribution in [0.5, 0.6) is 0 Å². The molecule has 2 rings (SSSR count). The molecule has 2 bridgehead atoms. The van der Waals surface area contributed by atoms with Crippen LogP contribution in [0.4, 0.5) is 4.79 Å². The maximum absolute atomic E-state index is 12.0. The van der Waals surface area contributed by atoms with Gasteiger partial charge >= 0.3 is 6.03 Å². The fourth-order valence-corrected chi connectivity index (χ4v) is 2.37. The van der Waals surface area contributed by atoms with E-state index < -0.39 is 0 Å². The minimum absolute atomic E-state index is 0.0106. The summed E-state index contributed by atoms with van der Waals surface area (Å²) >= 11 is 0. The van der Waals surface area contributed by atoms with Gasteiger partial charge in [-0.05, 0) is 19.3 Å². The lowest BCUT2D eigenvalue weighted by Crippen LogP contribution is -2.42. The molecule has 92 valence electrons. The number of carbonyl (C=O) groups excluding carboxylic acids is 1. The van der Waals surface area contributed by atoms with Crippen molar-refractivity contribution in [1.29, 1.82) is 0 Å². The summed E-state index contributed by atoms with van der Waals surface area (Å²) in [5, 5.41) is 10.7. The maximum atomic E-state index is 12.0. The Bertz CT molecular complexity index is 260. The van der Waals surface area contributed by atoms with E-state index in [1.807, 2.05) is 0 Å². The molecule has 1 N–H and O–H groups in total. The number of carbonyl (C=O) groups is 1. The number of unbranched alkanes of at least 4 members (excludes halogenated alkanes) is 1. The van der Waals surface area contributed by atoms with Crippen molar-refractivity contribution in [3.05, 3.63) is 0 Å². The molecule has 2 heterocycles. The Morgan fingerprint density at radius 2 is 2.31 bits per heavy atom. The summed E-state index contributed by atoms with van der Waals surface area (Å²) in [6.07, 6.45) is 3.84. The lowest BCUT2D eigenvalue weighted by atomic mass is 10.0. The van der Waals surface area contributed by atoms with E-state index in [9.17, 15) is 9.90 Å². The van der Waals surface area contributed by atoms with Crippen LogP contribution < -0.4 is 0 Å². The molecule has 2 aliphatic heterocycles. The lowest BCUT2D eigenvalue weighted by molar-refractivity contribution is -0.130. The number of urea groups is 1. The van der Waals surface area contributed by atoms with Gasteiger partial charge in [0.1, 0.15) is 0 Å². The van der Waals surface area contributed by atoms with Crippen LogP contribution in [0, 0.1) is 0 Å². The third-order valence-corrected chi connectivity index (χ3v) is 3.39. The molecule has 2 saturated heterocycles. The number of nitrogens with zero attached hydrogens (tertiary/aromatic N) is 2. The van der Waals surface area contributed by atoms with Crippen molar-refractivity contribution in [1.82, 2.24) is 9.96 Å². The molecule has 0 aromatic heterocycles. The Labute approximate surface area is 95.9 Å². The molecular formula is C11H20N2O3. The van der Waals surface area contributed by atoms with Crippen LogP contribution in [-0.2, 0) is 4.84 Å². The summed E-state index contributed by atoms with van der Waals surface area (Å²) < 4.78 is 0. The molecule has 2 aliphatic rings. The first-order chi connectivity index (χ1) is 7.77. The van der Waals surface area contributed by atoms with Crippen LogP contribution in [0.2, 0.25) is 0 Å². The van der Waals surface area contributed by atoms with E-state index in [0.717, 1.165) is 25.7 Å². The second kappa shape index (κ2) is 5.01. The van der Waals surface area contributed by atoms with Crippen molar-refractivity contribution in [3.63, 3.8) is 0 Å². The molecule has 0 aliphatic carbocycles. The van der Waals surface area contributed by atoms with Crippen LogP contribution >= 0.6 is 0 Å². The van der Waals surface area contributed by atoms with Crippen LogP contribution in [0.1, 0.15) is 32.6 Å². The largest absolute Gasteiger partial charge is 0.394 e. The zero-order chi connectivity index (χ0) is 11.5. The SMILES string of the molecule is CCCCON1C(=O)N2CC1CC[C@H]2CO. The fourth-order valence-electron chi connectivity index (χ4n) is 2.37. The number of hydrogen-bond donors (Lipinski definition) is 1. The fraction of sp³-hybridized carbons (Fsp3) is 0.909. The molecule has 0 radical (unpaired) electrons. The van der Waals surface area contributed by atoms with Crippen LogP contribution in [0.25, 0.3) is 0 Å². The number of aliphatic hydroxyl groups is 1. The van der Waals surface area contributed by atoms with E-state index >= 15 is 0 Å². The Morgan fingerprint density at radius 1 is 1.50 bits per heavy atom. The average molecular weight is 228 g/mol. The second-order valence-electron chi connectivity index (χ2n) is 4.52. The van der Waals surface area contributed by atoms with Crippen molar-refractivity contribution in [2.75, 3.05) is 19.8 Å². The first-order valence-electron chi connectivity index (χ1n) is 6.11. The topological polar surface area (TPSA) is 53.0 Å². The summed E-state index contributed by atoms with van der Waals surface area (Å²) in [5.41, 5.74) is 0. The first-order valence-corrected chi connectivity index (χ1v) is 6.11. The first kappa shape index (κ1) is 11.7. The molecule has 16 heavy (non-hydrogen) atoms. The van der Waals surface area contributed by atoms with Crippen molar-refractivity contribution in [3.8, 4) is 0 Å². The highest BCUT2D eigenvalue weighted by Crippen LogP contribution is 2.29. The highest BCUT2D eigenvalue weighted by Gasteiger charge is 2.45. The third kappa shape index (κ3) is 2.01. The molecule has 2 atom stereocenters. The number of amides is 2. The van der Waals surface area contributed by atoms with Gasteiger partial charge in [0, 0.05) is 6.54 Å². The number of hydroxylamine groups is 2. The van der Waals surface area contributed by atoms with Crippen LogP contribution in [0.3, 0.4) is 0 Å². The van der Waals surface area contributed by atoms with E-state index in [1.165, 1.54) is 5.06 Å². The van der Waals surface area contributed by atoms with Gasteiger partial charge in [0.25, 0.3) is 0 Å². The van der Waals surface area contributed by atoms with Crippen LogP contribution in [-0.4, -0.2) is 52.9 Å². The van der Waals surface area contributed by atoms with Crippen molar-refractivity contribution >= 4 is 6.03 Å². The van der Waals surface area contributed by atoms with Crippen LogP contribution in [0.15, 0.2) is 0 Å². The van der Waals surface area contributed by atoms with E-state index in [1.54, 1.807) is 4.90 Å². The van der Waals surface area contributed by atoms with Crippen molar-refractivity contribution < 1.29 is 14.7 Å². The normalized spacial score (nSPS) is 29.0. The zero-order valence-electron chi connectivity index (χ0n) is 9.76. The van der Waals surface area contributed by atoms with Gasteiger partial charge in [-0.15, -0.1) is 0 Å². The monoisotopic (exact) mass is 228 g/mol. The van der Waals surface area contributed by atoms with E-state index in [2.05, 4.69) is 6.92 Å². The standard InChI is InChI=1S/C11H20N2O3/c1-2-3-6-16-13-9-4-5-10(8-14)12(7-9)11(13)15/h9-10,14H,2-8H2,1H3/t9?,10-/m0/s1. The number of fused-ring (bicyclic) bond motifs is 2. The van der Waals surface area contributed by atoms with Gasteiger partial charge in [0.15, 0.2) is 0 Å². The van der Waals surface area contributed by atoms with Gasteiger partial charge in [-0.3, -0.25) is 4.84 Å². The quantitative estimate of drug-likeness (QED) is 0.714. The Hall–Kier alpha value is -0.810. The molecule has 2 amide bonds. The van der Waals surface area contributed by atoms with E-state index in [4.69, 9.17) is 4.84 Å². The smallest absolute Gasteiger partial charge is 0.344 e. The summed E-state index contributed by atoms with van der Waals surface area (Å²) in [7, 11) is 0. The van der Waals surface area contributed by atoms with E-state index in [-0.39, 0.29) is 24.7 Å². The molecule has 0 aromatic rings. The number of piperidine rings is 1. The molecule has 5 nitrogen and oxygen atoms in total. The average Bonchev–Trinajstić information content (AvgIpc) is 2.55. The number of hydrogen-bond acceptors (Lipinski definition) is 3. The third-order valence-electron chi connectivity index (χ3n) is 3.39. The molecule has 5 heteroatoms.